The summed E-state index contributed by atoms with van der Waals surface area (Å²) in [5.74, 6) is 1.65. The Hall–Kier alpha value is -5.18. The molecular formula is C34H35N3O6. The van der Waals surface area contributed by atoms with Crippen LogP contribution in [0.15, 0.2) is 78.9 Å². The Bertz CT molecular complexity index is 1670. The van der Waals surface area contributed by atoms with Crippen LogP contribution in [-0.4, -0.2) is 45.8 Å². The van der Waals surface area contributed by atoms with E-state index >= 15 is 0 Å². The van der Waals surface area contributed by atoms with Crippen LogP contribution in [0.3, 0.4) is 0 Å². The molecule has 4 aromatic carbocycles. The number of carbonyl (C=O) groups excluding carboxylic acids is 2. The normalized spacial score (nSPS) is 13.4. The number of para-hydroxylation sites is 2. The Balaban J connectivity index is 1.54. The van der Waals surface area contributed by atoms with Crippen LogP contribution in [0.1, 0.15) is 29.8 Å². The summed E-state index contributed by atoms with van der Waals surface area (Å²) in [4.78, 5) is 27.9. The number of fused-ring (bicyclic) bond motifs is 1. The summed E-state index contributed by atoms with van der Waals surface area (Å²) in [7, 11) is 6.55. The van der Waals surface area contributed by atoms with E-state index in [1.165, 1.54) is 0 Å². The SMILES string of the molecule is COc1ccc(C(=O)Oc2ccc(-c3ccc4c(c3CNc3ccccc3OC)N(C)C(=O)C(C)(C)N4)c(OC)c2)cc1. The molecule has 9 nitrogen and oxygen atoms in total. The van der Waals surface area contributed by atoms with Crippen molar-refractivity contribution in [1.82, 2.24) is 0 Å². The molecule has 0 saturated carbocycles. The van der Waals surface area contributed by atoms with Gasteiger partial charge >= 0.3 is 5.97 Å². The van der Waals surface area contributed by atoms with Crippen LogP contribution in [-0.2, 0) is 11.3 Å². The predicted molar refractivity (Wildman–Crippen MR) is 168 cm³/mol. The van der Waals surface area contributed by atoms with E-state index in [4.69, 9.17) is 18.9 Å². The van der Waals surface area contributed by atoms with Gasteiger partial charge in [0.1, 0.15) is 28.5 Å². The first-order valence-electron chi connectivity index (χ1n) is 13.8. The molecule has 222 valence electrons. The van der Waals surface area contributed by atoms with Gasteiger partial charge in [0.25, 0.3) is 5.91 Å². The number of likely N-dealkylation sites (N-methyl/N-ethyl adjacent to an activating group) is 1. The van der Waals surface area contributed by atoms with Crippen LogP contribution in [0.2, 0.25) is 0 Å². The third kappa shape index (κ3) is 5.79. The first-order chi connectivity index (χ1) is 20.7. The lowest BCUT2D eigenvalue weighted by molar-refractivity contribution is -0.121. The third-order valence-electron chi connectivity index (χ3n) is 7.47. The molecule has 1 heterocycles. The number of esters is 1. The van der Waals surface area contributed by atoms with E-state index in [-0.39, 0.29) is 5.91 Å². The van der Waals surface area contributed by atoms with Gasteiger partial charge in [-0.05, 0) is 74.0 Å². The Labute approximate surface area is 251 Å². The number of hydrogen-bond acceptors (Lipinski definition) is 8. The third-order valence-corrected chi connectivity index (χ3v) is 7.47. The van der Waals surface area contributed by atoms with E-state index in [1.807, 2.05) is 56.3 Å². The van der Waals surface area contributed by atoms with E-state index in [0.29, 0.717) is 35.1 Å². The molecular weight excluding hydrogens is 546 g/mol. The second-order valence-corrected chi connectivity index (χ2v) is 10.6. The molecule has 2 N–H and O–H groups in total. The Morgan fingerprint density at radius 2 is 1.51 bits per heavy atom. The van der Waals surface area contributed by atoms with Crippen LogP contribution >= 0.6 is 0 Å². The molecule has 9 heteroatoms. The smallest absolute Gasteiger partial charge is 0.343 e. The molecule has 0 fully saturated rings. The van der Waals surface area contributed by atoms with E-state index in [2.05, 4.69) is 10.6 Å². The van der Waals surface area contributed by atoms with Gasteiger partial charge in [0.05, 0.1) is 44.0 Å². The van der Waals surface area contributed by atoms with Crippen LogP contribution in [0.4, 0.5) is 17.1 Å². The molecule has 0 saturated heterocycles. The highest BCUT2D eigenvalue weighted by atomic mass is 16.5. The van der Waals surface area contributed by atoms with E-state index in [9.17, 15) is 9.59 Å². The zero-order valence-corrected chi connectivity index (χ0v) is 25.1. The van der Waals surface area contributed by atoms with Gasteiger partial charge in [-0.1, -0.05) is 18.2 Å². The predicted octanol–water partition coefficient (Wildman–Crippen LogP) is 6.38. The van der Waals surface area contributed by atoms with E-state index in [0.717, 1.165) is 33.8 Å². The van der Waals surface area contributed by atoms with Gasteiger partial charge in [0.15, 0.2) is 0 Å². The number of nitrogens with one attached hydrogen (secondary N) is 2. The van der Waals surface area contributed by atoms with Gasteiger partial charge in [-0.2, -0.15) is 0 Å². The van der Waals surface area contributed by atoms with Crippen molar-refractivity contribution in [2.24, 2.45) is 0 Å². The first-order valence-corrected chi connectivity index (χ1v) is 13.8. The second-order valence-electron chi connectivity index (χ2n) is 10.6. The number of benzene rings is 4. The average molecular weight is 582 g/mol. The fourth-order valence-corrected chi connectivity index (χ4v) is 5.29. The number of anilines is 3. The molecule has 1 aliphatic rings. The molecule has 4 aromatic rings. The van der Waals surface area contributed by atoms with Crippen LogP contribution in [0.25, 0.3) is 11.1 Å². The van der Waals surface area contributed by atoms with Gasteiger partial charge in [-0.25, -0.2) is 4.79 Å². The monoisotopic (exact) mass is 581 g/mol. The second kappa shape index (κ2) is 12.0. The molecule has 0 spiro atoms. The Morgan fingerprint density at radius 1 is 0.837 bits per heavy atom. The fourth-order valence-electron chi connectivity index (χ4n) is 5.29. The molecule has 0 aliphatic carbocycles. The highest BCUT2D eigenvalue weighted by Crippen LogP contribution is 2.45. The topological polar surface area (TPSA) is 98.4 Å². The number of methoxy groups -OCH3 is 3. The van der Waals surface area contributed by atoms with Crippen molar-refractivity contribution in [2.75, 3.05) is 43.9 Å². The largest absolute Gasteiger partial charge is 0.497 e. The van der Waals surface area contributed by atoms with Crippen LogP contribution in [0.5, 0.6) is 23.0 Å². The van der Waals surface area contributed by atoms with Crippen molar-refractivity contribution in [1.29, 1.82) is 0 Å². The highest BCUT2D eigenvalue weighted by molar-refractivity contribution is 6.09. The summed E-state index contributed by atoms with van der Waals surface area (Å²) >= 11 is 0. The standard InChI is InChI=1S/C34H35N3O6/c1-34(2)33(39)37(3)31-26(20-35-27-9-7-8-10-29(27)41-5)24(17-18-28(31)36-34)25-16-15-23(19-30(25)42-6)43-32(38)21-11-13-22(40-4)14-12-21/h7-19,35-36H,20H2,1-6H3. The lowest BCUT2D eigenvalue weighted by atomic mass is 9.91. The maximum Gasteiger partial charge on any atom is 0.343 e. The fraction of sp³-hybridized carbons (Fsp3) is 0.235. The summed E-state index contributed by atoms with van der Waals surface area (Å²) in [5, 5.41) is 6.89. The summed E-state index contributed by atoms with van der Waals surface area (Å²) in [6.07, 6.45) is 0. The minimum Gasteiger partial charge on any atom is -0.497 e. The number of ether oxygens (including phenoxy) is 4. The summed E-state index contributed by atoms with van der Waals surface area (Å²) in [5.41, 5.74) is 4.57. The molecule has 43 heavy (non-hydrogen) atoms. The molecule has 1 amide bonds. The molecule has 0 aromatic heterocycles. The number of hydrogen-bond donors (Lipinski definition) is 2. The summed E-state index contributed by atoms with van der Waals surface area (Å²) in [6.45, 7) is 4.12. The van der Waals surface area contributed by atoms with Crippen molar-refractivity contribution < 1.29 is 28.5 Å². The number of carbonyl (C=O) groups is 2. The maximum absolute atomic E-state index is 13.4. The average Bonchev–Trinajstić information content (AvgIpc) is 3.02. The molecule has 0 bridgehead atoms. The number of nitrogens with zero attached hydrogens (tertiary/aromatic N) is 1. The van der Waals surface area contributed by atoms with Crippen LogP contribution in [0, 0.1) is 0 Å². The Kier molecular flexibility index (Phi) is 8.16. The first kappa shape index (κ1) is 29.3. The van der Waals surface area contributed by atoms with Gasteiger partial charge in [-0.3, -0.25) is 4.79 Å². The minimum absolute atomic E-state index is 0.0524. The summed E-state index contributed by atoms with van der Waals surface area (Å²) in [6, 6.07) is 23.6. The van der Waals surface area contributed by atoms with Crippen molar-refractivity contribution in [3.63, 3.8) is 0 Å². The van der Waals surface area contributed by atoms with Crippen molar-refractivity contribution in [3.05, 3.63) is 90.0 Å². The summed E-state index contributed by atoms with van der Waals surface area (Å²) < 4.78 is 22.2. The molecule has 1 aliphatic heterocycles. The molecule has 0 atom stereocenters. The lowest BCUT2D eigenvalue weighted by Crippen LogP contribution is -2.52. The van der Waals surface area contributed by atoms with E-state index in [1.54, 1.807) is 69.7 Å². The van der Waals surface area contributed by atoms with Crippen molar-refractivity contribution in [2.45, 2.75) is 25.9 Å². The molecule has 0 radical (unpaired) electrons. The van der Waals surface area contributed by atoms with Gasteiger partial charge in [0.2, 0.25) is 0 Å². The lowest BCUT2D eigenvalue weighted by Gasteiger charge is -2.40. The van der Waals surface area contributed by atoms with Crippen molar-refractivity contribution in [3.8, 4) is 34.1 Å². The Morgan fingerprint density at radius 3 is 2.21 bits per heavy atom. The van der Waals surface area contributed by atoms with Gasteiger partial charge < -0.3 is 34.5 Å². The molecule has 5 rings (SSSR count). The van der Waals surface area contributed by atoms with Crippen LogP contribution < -0.4 is 34.5 Å². The highest BCUT2D eigenvalue weighted by Gasteiger charge is 2.38. The van der Waals surface area contributed by atoms with E-state index < -0.39 is 11.5 Å². The zero-order chi connectivity index (χ0) is 30.7. The minimum atomic E-state index is -0.760. The van der Waals surface area contributed by atoms with Gasteiger partial charge in [0, 0.05) is 30.8 Å². The van der Waals surface area contributed by atoms with Crippen molar-refractivity contribution >= 4 is 28.9 Å². The number of amides is 1. The quantitative estimate of drug-likeness (QED) is 0.174. The zero-order valence-electron chi connectivity index (χ0n) is 25.1. The molecule has 0 unspecified atom stereocenters. The van der Waals surface area contributed by atoms with Gasteiger partial charge in [-0.15, -0.1) is 0 Å². The maximum atomic E-state index is 13.4. The number of rotatable bonds is 9.